The van der Waals surface area contributed by atoms with Gasteiger partial charge in [0.15, 0.2) is 5.65 Å². The van der Waals surface area contributed by atoms with Crippen LogP contribution < -0.4 is 0 Å². The van der Waals surface area contributed by atoms with Crippen molar-refractivity contribution < 1.29 is 17.7 Å². The first kappa shape index (κ1) is 16.0. The molecule has 0 unspecified atom stereocenters. The summed E-state index contributed by atoms with van der Waals surface area (Å²) in [7, 11) is 0. The van der Waals surface area contributed by atoms with Gasteiger partial charge in [-0.2, -0.15) is 23.3 Å². The van der Waals surface area contributed by atoms with Crippen molar-refractivity contribution >= 4 is 5.65 Å². The van der Waals surface area contributed by atoms with Gasteiger partial charge in [-0.3, -0.25) is 0 Å². The number of aromatic nitrogens is 5. The van der Waals surface area contributed by atoms with Crippen molar-refractivity contribution in [3.05, 3.63) is 54.2 Å². The molecule has 6 nitrogen and oxygen atoms in total. The van der Waals surface area contributed by atoms with Crippen molar-refractivity contribution in [1.82, 2.24) is 24.7 Å². The monoisotopic (exact) mass is 371 g/mol. The molecule has 27 heavy (non-hydrogen) atoms. The zero-order chi connectivity index (χ0) is 18.6. The molecule has 0 bridgehead atoms. The second-order valence-corrected chi connectivity index (χ2v) is 6.43. The Bertz CT molecular complexity index is 1140. The maximum Gasteiger partial charge on any atom is 0.416 e. The van der Waals surface area contributed by atoms with Gasteiger partial charge in [0.25, 0.3) is 0 Å². The molecule has 3 heterocycles. The molecule has 1 saturated carbocycles. The van der Waals surface area contributed by atoms with Gasteiger partial charge in [0.2, 0.25) is 11.7 Å². The van der Waals surface area contributed by atoms with E-state index in [1.54, 1.807) is 18.3 Å². The largest absolute Gasteiger partial charge is 0.416 e. The zero-order valence-corrected chi connectivity index (χ0v) is 13.8. The van der Waals surface area contributed by atoms with Gasteiger partial charge in [-0.15, -0.1) is 0 Å². The first-order valence-electron chi connectivity index (χ1n) is 8.35. The van der Waals surface area contributed by atoms with E-state index in [4.69, 9.17) is 4.52 Å². The number of alkyl halides is 3. The summed E-state index contributed by atoms with van der Waals surface area (Å²) in [6, 6.07) is 6.72. The maximum absolute atomic E-state index is 13.0. The summed E-state index contributed by atoms with van der Waals surface area (Å²) in [4.78, 5) is 8.69. The Morgan fingerprint density at radius 1 is 1.15 bits per heavy atom. The summed E-state index contributed by atoms with van der Waals surface area (Å²) in [6.07, 6.45) is 0.725. The van der Waals surface area contributed by atoms with E-state index in [2.05, 4.69) is 20.2 Å². The highest BCUT2D eigenvalue weighted by molar-refractivity contribution is 5.75. The molecule has 0 radical (unpaired) electrons. The summed E-state index contributed by atoms with van der Waals surface area (Å²) in [5.74, 6) is 1.29. The van der Waals surface area contributed by atoms with Gasteiger partial charge < -0.3 is 4.52 Å². The molecule has 0 N–H and O–H groups in total. The lowest BCUT2D eigenvalue weighted by atomic mass is 10.1. The standard InChI is InChI=1S/C18H12F3N5O/c19-18(20,21)12-3-1-2-11(8-12)14-6-7-22-16-13(9-23-26(14)16)15-24-17(27-25-15)10-4-5-10/h1-3,6-10H,4-5H2. The molecule has 1 aliphatic rings. The van der Waals surface area contributed by atoms with Crippen molar-refractivity contribution in [3.63, 3.8) is 0 Å². The molecule has 5 rings (SSSR count). The van der Waals surface area contributed by atoms with Gasteiger partial charge in [-0.25, -0.2) is 9.50 Å². The molecule has 1 fully saturated rings. The van der Waals surface area contributed by atoms with Crippen LogP contribution in [0.25, 0.3) is 28.3 Å². The Kier molecular flexibility index (Phi) is 3.33. The molecule has 3 aromatic heterocycles. The van der Waals surface area contributed by atoms with Gasteiger partial charge in [0.1, 0.15) is 0 Å². The van der Waals surface area contributed by atoms with Gasteiger partial charge in [0, 0.05) is 17.7 Å². The van der Waals surface area contributed by atoms with Crippen LogP contribution in [0.3, 0.4) is 0 Å². The Morgan fingerprint density at radius 2 is 2.00 bits per heavy atom. The molecule has 1 aromatic carbocycles. The van der Waals surface area contributed by atoms with E-state index in [1.807, 2.05) is 0 Å². The molecule has 0 amide bonds. The minimum atomic E-state index is -4.42. The van der Waals surface area contributed by atoms with Crippen molar-refractivity contribution in [2.75, 3.05) is 0 Å². The predicted octanol–water partition coefficient (Wildman–Crippen LogP) is 4.34. The van der Waals surface area contributed by atoms with E-state index < -0.39 is 11.7 Å². The van der Waals surface area contributed by atoms with Crippen LogP contribution in [0.5, 0.6) is 0 Å². The molecule has 4 aromatic rings. The van der Waals surface area contributed by atoms with Crippen LogP contribution in [0.1, 0.15) is 30.2 Å². The van der Waals surface area contributed by atoms with Crippen molar-refractivity contribution in [2.24, 2.45) is 0 Å². The third kappa shape index (κ3) is 2.75. The fourth-order valence-corrected chi connectivity index (χ4v) is 2.96. The van der Waals surface area contributed by atoms with Crippen molar-refractivity contribution in [2.45, 2.75) is 24.9 Å². The molecule has 136 valence electrons. The van der Waals surface area contributed by atoms with E-state index >= 15 is 0 Å². The third-order valence-electron chi connectivity index (χ3n) is 4.50. The minimum absolute atomic E-state index is 0.321. The van der Waals surface area contributed by atoms with Crippen LogP contribution in [-0.4, -0.2) is 24.7 Å². The maximum atomic E-state index is 13.0. The minimum Gasteiger partial charge on any atom is -0.339 e. The Balaban J connectivity index is 1.61. The van der Waals surface area contributed by atoms with E-state index in [1.165, 1.54) is 16.8 Å². The summed E-state index contributed by atoms with van der Waals surface area (Å²) < 4.78 is 45.9. The second-order valence-electron chi connectivity index (χ2n) is 6.43. The topological polar surface area (TPSA) is 69.1 Å². The molecule has 0 saturated heterocycles. The lowest BCUT2D eigenvalue weighted by Gasteiger charge is -2.09. The van der Waals surface area contributed by atoms with Crippen LogP contribution in [0.2, 0.25) is 0 Å². The number of halogens is 3. The first-order valence-corrected chi connectivity index (χ1v) is 8.35. The molecule has 0 spiro atoms. The van der Waals surface area contributed by atoms with Gasteiger partial charge in [-0.05, 0) is 31.0 Å². The van der Waals surface area contributed by atoms with Crippen LogP contribution >= 0.6 is 0 Å². The number of hydrogen-bond donors (Lipinski definition) is 0. The lowest BCUT2D eigenvalue weighted by Crippen LogP contribution is -2.05. The Labute approximate surface area is 150 Å². The van der Waals surface area contributed by atoms with E-state index in [0.29, 0.717) is 40.1 Å². The Hall–Kier alpha value is -3.23. The second kappa shape index (κ2) is 5.63. The molecule has 9 heteroatoms. The molecular weight excluding hydrogens is 359 g/mol. The molecule has 0 aliphatic heterocycles. The predicted molar refractivity (Wildman–Crippen MR) is 88.7 cm³/mol. The summed E-state index contributed by atoms with van der Waals surface area (Å²) in [6.45, 7) is 0. The summed E-state index contributed by atoms with van der Waals surface area (Å²) in [5.41, 5.74) is 1.18. The summed E-state index contributed by atoms with van der Waals surface area (Å²) >= 11 is 0. The summed E-state index contributed by atoms with van der Waals surface area (Å²) in [5, 5.41) is 8.27. The Morgan fingerprint density at radius 3 is 2.78 bits per heavy atom. The highest BCUT2D eigenvalue weighted by Crippen LogP contribution is 2.40. The number of benzene rings is 1. The average molecular weight is 371 g/mol. The van der Waals surface area contributed by atoms with Crippen LogP contribution in [-0.2, 0) is 6.18 Å². The lowest BCUT2D eigenvalue weighted by molar-refractivity contribution is -0.137. The number of hydrogen-bond acceptors (Lipinski definition) is 5. The van der Waals surface area contributed by atoms with Crippen molar-refractivity contribution in [1.29, 1.82) is 0 Å². The van der Waals surface area contributed by atoms with Crippen LogP contribution in [0, 0.1) is 0 Å². The number of fused-ring (bicyclic) bond motifs is 1. The van der Waals surface area contributed by atoms with E-state index in [9.17, 15) is 13.2 Å². The smallest absolute Gasteiger partial charge is 0.339 e. The first-order chi connectivity index (χ1) is 13.0. The van der Waals surface area contributed by atoms with Gasteiger partial charge in [-0.1, -0.05) is 17.3 Å². The third-order valence-corrected chi connectivity index (χ3v) is 4.50. The molecule has 1 aliphatic carbocycles. The fraction of sp³-hybridized carbons (Fsp3) is 0.222. The SMILES string of the molecule is FC(F)(F)c1cccc(-c2ccnc3c(-c4noc(C5CC5)n4)cnn23)c1. The number of nitrogens with zero attached hydrogens (tertiary/aromatic N) is 5. The molecule has 0 atom stereocenters. The van der Waals surface area contributed by atoms with Gasteiger partial charge >= 0.3 is 6.18 Å². The zero-order valence-electron chi connectivity index (χ0n) is 13.8. The highest BCUT2D eigenvalue weighted by atomic mass is 19.4. The molecular formula is C18H12F3N5O. The van der Waals surface area contributed by atoms with Crippen molar-refractivity contribution in [3.8, 4) is 22.6 Å². The van der Waals surface area contributed by atoms with Crippen LogP contribution in [0.15, 0.2) is 47.2 Å². The highest BCUT2D eigenvalue weighted by Gasteiger charge is 2.31. The number of rotatable bonds is 3. The quantitative estimate of drug-likeness (QED) is 0.536. The fourth-order valence-electron chi connectivity index (χ4n) is 2.96. The average Bonchev–Trinajstić information content (AvgIpc) is 3.23. The van der Waals surface area contributed by atoms with E-state index in [-0.39, 0.29) is 0 Å². The normalized spacial score (nSPS) is 14.8. The van der Waals surface area contributed by atoms with Gasteiger partial charge in [0.05, 0.1) is 23.0 Å². The van der Waals surface area contributed by atoms with Crippen LogP contribution in [0.4, 0.5) is 13.2 Å². The van der Waals surface area contributed by atoms with E-state index in [0.717, 1.165) is 25.0 Å².